The van der Waals surface area contributed by atoms with Crippen molar-refractivity contribution in [1.29, 1.82) is 0 Å². The summed E-state index contributed by atoms with van der Waals surface area (Å²) in [7, 11) is 0. The SMILES string of the molecule is O=C(Cc1ccccc1)NC[C@@H](C(=O)O)N1CCCC[C@H]1c1cccnc1. The standard InChI is InChI=1S/C21H25N3O3/c25-20(13-16-7-2-1-3-8-16)23-15-19(21(26)27)24-12-5-4-10-18(24)17-9-6-11-22-14-17/h1-3,6-9,11,14,18-19H,4-5,10,12-13,15H2,(H,23,25)(H,26,27)/t18-,19-/m0/s1. The maximum Gasteiger partial charge on any atom is 0.322 e. The number of likely N-dealkylation sites (tertiary alicyclic amines) is 1. The molecule has 6 nitrogen and oxygen atoms in total. The number of carboxylic acid groups (broad SMARTS) is 1. The van der Waals surface area contributed by atoms with Gasteiger partial charge in [0.05, 0.1) is 6.42 Å². The summed E-state index contributed by atoms with van der Waals surface area (Å²) in [5.74, 6) is -1.08. The minimum atomic E-state index is -0.911. The highest BCUT2D eigenvalue weighted by Crippen LogP contribution is 2.32. The average molecular weight is 367 g/mol. The van der Waals surface area contributed by atoms with Gasteiger partial charge < -0.3 is 10.4 Å². The molecule has 0 spiro atoms. The fourth-order valence-corrected chi connectivity index (χ4v) is 3.66. The molecule has 0 saturated carbocycles. The van der Waals surface area contributed by atoms with E-state index in [9.17, 15) is 14.7 Å². The predicted octanol–water partition coefficient (Wildman–Crippen LogP) is 2.42. The molecule has 27 heavy (non-hydrogen) atoms. The number of nitrogens with one attached hydrogen (secondary N) is 1. The molecule has 1 fully saturated rings. The molecule has 1 aromatic heterocycles. The first-order valence-electron chi connectivity index (χ1n) is 9.34. The van der Waals surface area contributed by atoms with E-state index < -0.39 is 12.0 Å². The Kier molecular flexibility index (Phi) is 6.54. The summed E-state index contributed by atoms with van der Waals surface area (Å²) in [6.07, 6.45) is 6.68. The smallest absolute Gasteiger partial charge is 0.322 e. The normalized spacial score (nSPS) is 18.6. The molecule has 1 saturated heterocycles. The topological polar surface area (TPSA) is 82.5 Å². The van der Waals surface area contributed by atoms with Gasteiger partial charge in [-0.1, -0.05) is 42.8 Å². The van der Waals surface area contributed by atoms with Crippen LogP contribution in [0.25, 0.3) is 0 Å². The molecule has 6 heteroatoms. The van der Waals surface area contributed by atoms with Crippen molar-refractivity contribution < 1.29 is 14.7 Å². The Bertz CT molecular complexity index is 752. The van der Waals surface area contributed by atoms with Gasteiger partial charge in [-0.15, -0.1) is 0 Å². The Hall–Kier alpha value is -2.73. The summed E-state index contributed by atoms with van der Waals surface area (Å²) in [6, 6.07) is 12.6. The Morgan fingerprint density at radius 1 is 1.19 bits per heavy atom. The third-order valence-electron chi connectivity index (χ3n) is 5.00. The number of carbonyl (C=O) groups excluding carboxylic acids is 1. The van der Waals surface area contributed by atoms with Crippen molar-refractivity contribution >= 4 is 11.9 Å². The van der Waals surface area contributed by atoms with Crippen LogP contribution in [0.2, 0.25) is 0 Å². The van der Waals surface area contributed by atoms with E-state index in [1.54, 1.807) is 12.4 Å². The van der Waals surface area contributed by atoms with Crippen LogP contribution in [0.3, 0.4) is 0 Å². The van der Waals surface area contributed by atoms with Crippen LogP contribution in [0.15, 0.2) is 54.9 Å². The summed E-state index contributed by atoms with van der Waals surface area (Å²) in [5, 5.41) is 12.6. The van der Waals surface area contributed by atoms with Gasteiger partial charge in [0.25, 0.3) is 0 Å². The van der Waals surface area contributed by atoms with Crippen molar-refractivity contribution in [1.82, 2.24) is 15.2 Å². The lowest BCUT2D eigenvalue weighted by Crippen LogP contribution is -2.51. The number of amides is 1. The Labute approximate surface area is 159 Å². The molecule has 2 atom stereocenters. The second-order valence-corrected chi connectivity index (χ2v) is 6.86. The van der Waals surface area contributed by atoms with Gasteiger partial charge in [0.1, 0.15) is 6.04 Å². The third-order valence-corrected chi connectivity index (χ3v) is 5.00. The lowest BCUT2D eigenvalue weighted by Gasteiger charge is -2.39. The zero-order valence-electron chi connectivity index (χ0n) is 15.3. The van der Waals surface area contributed by atoms with Crippen LogP contribution in [0.1, 0.15) is 36.4 Å². The zero-order valence-corrected chi connectivity index (χ0v) is 15.3. The minimum Gasteiger partial charge on any atom is -0.480 e. The molecule has 0 radical (unpaired) electrons. The first-order chi connectivity index (χ1) is 13.1. The van der Waals surface area contributed by atoms with Gasteiger partial charge in [-0.25, -0.2) is 0 Å². The van der Waals surface area contributed by atoms with E-state index in [1.165, 1.54) is 0 Å². The molecule has 1 aliphatic heterocycles. The lowest BCUT2D eigenvalue weighted by atomic mass is 9.94. The largest absolute Gasteiger partial charge is 0.480 e. The lowest BCUT2D eigenvalue weighted by molar-refractivity contribution is -0.145. The highest BCUT2D eigenvalue weighted by Gasteiger charge is 2.34. The Morgan fingerprint density at radius 3 is 2.70 bits per heavy atom. The molecule has 0 unspecified atom stereocenters. The predicted molar refractivity (Wildman–Crippen MR) is 102 cm³/mol. The zero-order chi connectivity index (χ0) is 19.1. The van der Waals surface area contributed by atoms with Gasteiger partial charge in [0, 0.05) is 25.0 Å². The number of hydrogen-bond acceptors (Lipinski definition) is 4. The second-order valence-electron chi connectivity index (χ2n) is 6.86. The van der Waals surface area contributed by atoms with Crippen LogP contribution < -0.4 is 5.32 Å². The number of nitrogens with zero attached hydrogens (tertiary/aromatic N) is 2. The molecule has 0 bridgehead atoms. The van der Waals surface area contributed by atoms with Crippen LogP contribution in [0.5, 0.6) is 0 Å². The number of rotatable bonds is 7. The molecule has 1 aromatic carbocycles. The van der Waals surface area contributed by atoms with E-state index in [2.05, 4.69) is 10.3 Å². The second kappa shape index (κ2) is 9.28. The van der Waals surface area contributed by atoms with E-state index in [0.717, 1.165) is 30.4 Å². The van der Waals surface area contributed by atoms with Crippen LogP contribution >= 0.6 is 0 Å². The highest BCUT2D eigenvalue weighted by molar-refractivity contribution is 5.80. The molecular weight excluding hydrogens is 342 g/mol. The molecule has 2 aromatic rings. The Balaban J connectivity index is 1.66. The van der Waals surface area contributed by atoms with Gasteiger partial charge in [-0.3, -0.25) is 19.5 Å². The number of carbonyl (C=O) groups is 2. The van der Waals surface area contributed by atoms with Gasteiger partial charge in [0.15, 0.2) is 0 Å². The highest BCUT2D eigenvalue weighted by atomic mass is 16.4. The number of hydrogen-bond donors (Lipinski definition) is 2. The van der Waals surface area contributed by atoms with Crippen molar-refractivity contribution in [2.75, 3.05) is 13.1 Å². The first kappa shape index (κ1) is 19.0. The van der Waals surface area contributed by atoms with Crippen molar-refractivity contribution in [3.05, 3.63) is 66.0 Å². The first-order valence-corrected chi connectivity index (χ1v) is 9.34. The van der Waals surface area contributed by atoms with Crippen LogP contribution in [-0.4, -0.2) is 46.0 Å². The van der Waals surface area contributed by atoms with Gasteiger partial charge in [-0.05, 0) is 36.6 Å². The number of benzene rings is 1. The fraction of sp³-hybridized carbons (Fsp3) is 0.381. The van der Waals surface area contributed by atoms with E-state index in [-0.39, 0.29) is 24.9 Å². The summed E-state index contributed by atoms with van der Waals surface area (Å²) >= 11 is 0. The minimum absolute atomic E-state index is 0.0135. The van der Waals surface area contributed by atoms with Gasteiger partial charge in [0.2, 0.25) is 5.91 Å². The van der Waals surface area contributed by atoms with Crippen molar-refractivity contribution in [2.24, 2.45) is 0 Å². The molecule has 1 amide bonds. The molecule has 2 N–H and O–H groups in total. The summed E-state index contributed by atoms with van der Waals surface area (Å²) in [5.41, 5.74) is 1.94. The number of aromatic nitrogens is 1. The number of aliphatic carboxylic acids is 1. The molecular formula is C21H25N3O3. The van der Waals surface area contributed by atoms with Crippen molar-refractivity contribution in [3.63, 3.8) is 0 Å². The Morgan fingerprint density at radius 2 is 2.00 bits per heavy atom. The molecule has 1 aliphatic rings. The summed E-state index contributed by atoms with van der Waals surface area (Å²) in [4.78, 5) is 30.3. The molecule has 2 heterocycles. The maximum absolute atomic E-state index is 12.2. The molecule has 3 rings (SSSR count). The van der Waals surface area contributed by atoms with E-state index >= 15 is 0 Å². The number of piperidine rings is 1. The molecule has 0 aliphatic carbocycles. The van der Waals surface area contributed by atoms with Gasteiger partial charge >= 0.3 is 5.97 Å². The molecule has 142 valence electrons. The van der Waals surface area contributed by atoms with Gasteiger partial charge in [-0.2, -0.15) is 0 Å². The quantitative estimate of drug-likeness (QED) is 0.785. The number of carboxylic acids is 1. The van der Waals surface area contributed by atoms with E-state index in [1.807, 2.05) is 47.4 Å². The summed E-state index contributed by atoms with van der Waals surface area (Å²) < 4.78 is 0. The van der Waals surface area contributed by atoms with E-state index in [0.29, 0.717) is 6.54 Å². The third kappa shape index (κ3) is 5.14. The number of pyridine rings is 1. The van der Waals surface area contributed by atoms with Crippen molar-refractivity contribution in [2.45, 2.75) is 37.8 Å². The average Bonchev–Trinajstić information content (AvgIpc) is 2.70. The van der Waals surface area contributed by atoms with Crippen LogP contribution in [0, 0.1) is 0 Å². The van der Waals surface area contributed by atoms with Crippen molar-refractivity contribution in [3.8, 4) is 0 Å². The maximum atomic E-state index is 12.2. The van der Waals surface area contributed by atoms with E-state index in [4.69, 9.17) is 0 Å². The summed E-state index contributed by atoms with van der Waals surface area (Å²) in [6.45, 7) is 0.794. The fourth-order valence-electron chi connectivity index (χ4n) is 3.66. The monoisotopic (exact) mass is 367 g/mol. The van der Waals surface area contributed by atoms with Crippen LogP contribution in [-0.2, 0) is 16.0 Å². The van der Waals surface area contributed by atoms with Crippen LogP contribution in [0.4, 0.5) is 0 Å².